The SMILES string of the molecule is COC1=NC([C@@H](Cc2ccccc2)C(=O)Nc2ccc3[nH]c(C(=O)O)cc3c2)C(=O)C=C1c1cc(Cl)ccc1C(C)=O. The lowest BCUT2D eigenvalue weighted by atomic mass is 9.85. The number of H-pyrrole nitrogens is 1. The molecule has 212 valence electrons. The normalized spacial score (nSPS) is 15.5. The van der Waals surface area contributed by atoms with E-state index >= 15 is 0 Å². The number of carbonyl (C=O) groups is 4. The molecule has 1 aliphatic heterocycles. The second-order valence-electron chi connectivity index (χ2n) is 9.87. The van der Waals surface area contributed by atoms with E-state index in [1.165, 1.54) is 26.2 Å². The molecule has 0 radical (unpaired) electrons. The van der Waals surface area contributed by atoms with Crippen LogP contribution in [-0.2, 0) is 20.7 Å². The van der Waals surface area contributed by atoms with E-state index in [-0.39, 0.29) is 23.8 Å². The Morgan fingerprint density at radius 1 is 1.07 bits per heavy atom. The van der Waals surface area contributed by atoms with Gasteiger partial charge in [0.15, 0.2) is 11.6 Å². The maximum atomic E-state index is 13.8. The molecule has 2 atom stereocenters. The molecule has 5 rings (SSSR count). The van der Waals surface area contributed by atoms with Gasteiger partial charge in [-0.15, -0.1) is 0 Å². The first-order valence-electron chi connectivity index (χ1n) is 13.0. The minimum Gasteiger partial charge on any atom is -0.481 e. The number of benzene rings is 3. The molecule has 9 nitrogen and oxygen atoms in total. The van der Waals surface area contributed by atoms with Gasteiger partial charge in [-0.05, 0) is 73.0 Å². The summed E-state index contributed by atoms with van der Waals surface area (Å²) in [6.45, 7) is 1.41. The minimum atomic E-state index is -1.11. The van der Waals surface area contributed by atoms with Gasteiger partial charge in [0.2, 0.25) is 11.8 Å². The van der Waals surface area contributed by atoms with Crippen LogP contribution in [0.3, 0.4) is 0 Å². The fraction of sp³-hybridized carbons (Fsp3) is 0.156. The van der Waals surface area contributed by atoms with Crippen LogP contribution in [0.1, 0.15) is 38.9 Å². The molecule has 1 aliphatic rings. The van der Waals surface area contributed by atoms with Crippen LogP contribution in [0.25, 0.3) is 16.5 Å². The number of aromatic nitrogens is 1. The Balaban J connectivity index is 1.50. The number of fused-ring (bicyclic) bond motifs is 1. The Morgan fingerprint density at radius 2 is 1.83 bits per heavy atom. The molecule has 2 heterocycles. The van der Waals surface area contributed by atoms with Crippen molar-refractivity contribution in [3.63, 3.8) is 0 Å². The molecule has 10 heteroatoms. The highest BCUT2D eigenvalue weighted by Crippen LogP contribution is 2.31. The zero-order valence-corrected chi connectivity index (χ0v) is 23.4. The van der Waals surface area contributed by atoms with Crippen LogP contribution in [0.2, 0.25) is 5.02 Å². The first kappa shape index (κ1) is 28.5. The summed E-state index contributed by atoms with van der Waals surface area (Å²) in [5.74, 6) is -3.01. The maximum Gasteiger partial charge on any atom is 0.352 e. The number of hydrogen-bond donors (Lipinski definition) is 3. The highest BCUT2D eigenvalue weighted by molar-refractivity contribution is 6.33. The lowest BCUT2D eigenvalue weighted by Gasteiger charge is -2.26. The Labute approximate surface area is 245 Å². The third-order valence-electron chi connectivity index (χ3n) is 7.04. The summed E-state index contributed by atoms with van der Waals surface area (Å²) in [5, 5.41) is 13.1. The third-order valence-corrected chi connectivity index (χ3v) is 7.28. The molecule has 0 saturated heterocycles. The molecule has 42 heavy (non-hydrogen) atoms. The molecule has 1 amide bonds. The number of rotatable bonds is 8. The van der Waals surface area contributed by atoms with E-state index in [0.29, 0.717) is 38.3 Å². The Bertz CT molecular complexity index is 1790. The van der Waals surface area contributed by atoms with Gasteiger partial charge in [0.05, 0.1) is 13.0 Å². The number of dihydropyridines is 1. The fourth-order valence-electron chi connectivity index (χ4n) is 5.02. The topological polar surface area (TPSA) is 138 Å². The van der Waals surface area contributed by atoms with Crippen LogP contribution >= 0.6 is 11.6 Å². The monoisotopic (exact) mass is 583 g/mol. The molecule has 0 bridgehead atoms. The van der Waals surface area contributed by atoms with Crippen molar-refractivity contribution in [2.75, 3.05) is 12.4 Å². The smallest absolute Gasteiger partial charge is 0.352 e. The van der Waals surface area contributed by atoms with Crippen LogP contribution in [0.5, 0.6) is 0 Å². The number of nitrogens with zero attached hydrogens (tertiary/aromatic N) is 1. The molecular formula is C32H26ClN3O6. The van der Waals surface area contributed by atoms with Gasteiger partial charge in [0.25, 0.3) is 0 Å². The summed E-state index contributed by atoms with van der Waals surface area (Å²) in [5.41, 5.74) is 2.96. The molecule has 3 N–H and O–H groups in total. The van der Waals surface area contributed by atoms with E-state index in [4.69, 9.17) is 16.3 Å². The number of ether oxygens (including phenoxy) is 1. The number of Topliss-reactive ketones (excluding diaryl/α,β-unsaturated/α-hetero) is 1. The molecular weight excluding hydrogens is 558 g/mol. The molecule has 3 aromatic carbocycles. The number of aromatic carboxylic acids is 1. The van der Waals surface area contributed by atoms with E-state index < -0.39 is 29.6 Å². The molecule has 1 unspecified atom stereocenters. The molecule has 0 aliphatic carbocycles. The maximum absolute atomic E-state index is 13.8. The Morgan fingerprint density at radius 3 is 2.52 bits per heavy atom. The standard InChI is InChI=1S/C32H26ClN3O6/c1-17(37)22-10-8-20(33)15-23(22)24-16-28(38)29(36-31(24)42-2)25(12-18-6-4-3-5-7-18)30(39)34-21-9-11-26-19(13-21)14-27(35-26)32(40)41/h3-11,13-16,25,29,35H,12H2,1-2H3,(H,34,39)(H,40,41)/t25-,29?/m1/s1. The Kier molecular flexibility index (Phi) is 8.04. The van der Waals surface area contributed by atoms with Crippen molar-refractivity contribution in [2.24, 2.45) is 10.9 Å². The minimum absolute atomic E-state index is 0.0277. The highest BCUT2D eigenvalue weighted by atomic mass is 35.5. The second-order valence-corrected chi connectivity index (χ2v) is 10.3. The zero-order chi connectivity index (χ0) is 30.0. The summed E-state index contributed by atoms with van der Waals surface area (Å²) in [6.07, 6.45) is 1.55. The van der Waals surface area contributed by atoms with Crippen LogP contribution < -0.4 is 5.32 Å². The van der Waals surface area contributed by atoms with Gasteiger partial charge >= 0.3 is 5.97 Å². The van der Waals surface area contributed by atoms with Crippen molar-refractivity contribution in [3.05, 3.63) is 106 Å². The third kappa shape index (κ3) is 5.87. The summed E-state index contributed by atoms with van der Waals surface area (Å²) in [4.78, 5) is 58.5. The molecule has 1 aromatic heterocycles. The van der Waals surface area contributed by atoms with Crippen LogP contribution in [0, 0.1) is 5.92 Å². The van der Waals surface area contributed by atoms with Crippen molar-refractivity contribution in [2.45, 2.75) is 19.4 Å². The van der Waals surface area contributed by atoms with E-state index in [0.717, 1.165) is 5.56 Å². The van der Waals surface area contributed by atoms with Crippen LogP contribution in [-0.4, -0.2) is 52.6 Å². The quantitative estimate of drug-likeness (QED) is 0.231. The van der Waals surface area contributed by atoms with E-state index in [1.54, 1.807) is 36.4 Å². The lowest BCUT2D eigenvalue weighted by Crippen LogP contribution is -2.40. The summed E-state index contributed by atoms with van der Waals surface area (Å²) >= 11 is 6.22. The van der Waals surface area contributed by atoms with Gasteiger partial charge in [-0.2, -0.15) is 0 Å². The summed E-state index contributed by atoms with van der Waals surface area (Å²) < 4.78 is 5.57. The predicted octanol–water partition coefficient (Wildman–Crippen LogP) is 5.60. The van der Waals surface area contributed by atoms with Gasteiger partial charge < -0.3 is 20.1 Å². The van der Waals surface area contributed by atoms with Crippen molar-refractivity contribution >= 4 is 63.1 Å². The first-order chi connectivity index (χ1) is 20.1. The summed E-state index contributed by atoms with van der Waals surface area (Å²) in [6, 6.07) is 19.4. The van der Waals surface area contributed by atoms with Crippen molar-refractivity contribution in [3.8, 4) is 0 Å². The van der Waals surface area contributed by atoms with Crippen molar-refractivity contribution in [1.82, 2.24) is 4.98 Å². The number of nitrogens with one attached hydrogen (secondary N) is 2. The molecule has 0 spiro atoms. The van der Waals surface area contributed by atoms with Gasteiger partial charge in [-0.25, -0.2) is 9.79 Å². The van der Waals surface area contributed by atoms with E-state index in [1.807, 2.05) is 30.3 Å². The zero-order valence-electron chi connectivity index (χ0n) is 22.7. The molecule has 0 fully saturated rings. The fourth-order valence-corrected chi connectivity index (χ4v) is 5.19. The number of carboxylic acids is 1. The van der Waals surface area contributed by atoms with Crippen LogP contribution in [0.4, 0.5) is 5.69 Å². The number of aliphatic imine (C=N–C) groups is 1. The first-order valence-corrected chi connectivity index (χ1v) is 13.4. The predicted molar refractivity (Wildman–Crippen MR) is 160 cm³/mol. The number of amides is 1. The number of methoxy groups -OCH3 is 1. The number of carboxylic acid groups (broad SMARTS) is 1. The number of anilines is 1. The molecule has 0 saturated carbocycles. The van der Waals surface area contributed by atoms with Gasteiger partial charge in [0.1, 0.15) is 11.7 Å². The van der Waals surface area contributed by atoms with Gasteiger partial charge in [-0.3, -0.25) is 14.4 Å². The average molecular weight is 584 g/mol. The van der Waals surface area contributed by atoms with E-state index in [2.05, 4.69) is 15.3 Å². The molecule has 4 aromatic rings. The highest BCUT2D eigenvalue weighted by Gasteiger charge is 2.37. The number of aromatic amines is 1. The van der Waals surface area contributed by atoms with Crippen molar-refractivity contribution < 1.29 is 29.0 Å². The Hall–Kier alpha value is -5.02. The number of halogens is 1. The lowest BCUT2D eigenvalue weighted by molar-refractivity contribution is -0.125. The second kappa shape index (κ2) is 11.8. The van der Waals surface area contributed by atoms with E-state index in [9.17, 15) is 24.3 Å². The largest absolute Gasteiger partial charge is 0.481 e. The van der Waals surface area contributed by atoms with Gasteiger partial charge in [-0.1, -0.05) is 41.9 Å². The number of carbonyl (C=O) groups excluding carboxylic acids is 3. The number of hydrogen-bond acceptors (Lipinski definition) is 6. The van der Waals surface area contributed by atoms with Crippen molar-refractivity contribution in [1.29, 1.82) is 0 Å². The number of ketones is 2. The average Bonchev–Trinajstić information content (AvgIpc) is 3.40. The van der Waals surface area contributed by atoms with Gasteiger partial charge in [0, 0.05) is 32.7 Å². The summed E-state index contributed by atoms with van der Waals surface area (Å²) in [7, 11) is 1.40. The van der Waals surface area contributed by atoms with Crippen LogP contribution in [0.15, 0.2) is 83.9 Å².